The minimum Gasteiger partial charge on any atom is -0.496 e. The van der Waals surface area contributed by atoms with Crippen molar-refractivity contribution in [2.45, 2.75) is 52.2 Å². The number of hydrogen-bond donors (Lipinski definition) is 1. The lowest BCUT2D eigenvalue weighted by Gasteiger charge is -2.16. The van der Waals surface area contributed by atoms with Crippen LogP contribution in [0.3, 0.4) is 0 Å². The zero-order valence-corrected chi connectivity index (χ0v) is 17.1. The molecule has 1 fully saturated rings. The fourth-order valence-corrected chi connectivity index (χ4v) is 3.65. The van der Waals surface area contributed by atoms with Crippen molar-refractivity contribution in [1.82, 2.24) is 24.9 Å². The summed E-state index contributed by atoms with van der Waals surface area (Å²) in [5.74, 6) is 0.533. The fourth-order valence-electron chi connectivity index (χ4n) is 3.65. The maximum atomic E-state index is 12.9. The Labute approximate surface area is 168 Å². The van der Waals surface area contributed by atoms with Crippen molar-refractivity contribution in [3.63, 3.8) is 0 Å². The van der Waals surface area contributed by atoms with Gasteiger partial charge in [-0.25, -0.2) is 4.68 Å². The van der Waals surface area contributed by atoms with E-state index in [-0.39, 0.29) is 24.1 Å². The number of amides is 1. The van der Waals surface area contributed by atoms with Crippen LogP contribution in [0.2, 0.25) is 0 Å². The Hall–Kier alpha value is -3.16. The molecule has 152 valence electrons. The molecule has 8 nitrogen and oxygen atoms in total. The van der Waals surface area contributed by atoms with Gasteiger partial charge in [0.2, 0.25) is 5.91 Å². The number of methoxy groups -OCH3 is 1. The Bertz CT molecular complexity index is 1140. The second-order valence-corrected chi connectivity index (χ2v) is 7.65. The first-order chi connectivity index (χ1) is 13.9. The number of hydrogen-bond acceptors (Lipinski definition) is 5. The molecule has 29 heavy (non-hydrogen) atoms. The highest BCUT2D eigenvalue weighted by atomic mass is 16.5. The van der Waals surface area contributed by atoms with E-state index < -0.39 is 0 Å². The van der Waals surface area contributed by atoms with Crippen LogP contribution in [0.1, 0.15) is 48.7 Å². The van der Waals surface area contributed by atoms with Gasteiger partial charge < -0.3 is 10.1 Å². The van der Waals surface area contributed by atoms with E-state index in [0.717, 1.165) is 35.2 Å². The second kappa shape index (κ2) is 7.35. The average molecular weight is 395 g/mol. The van der Waals surface area contributed by atoms with Gasteiger partial charge in [0.15, 0.2) is 0 Å². The summed E-state index contributed by atoms with van der Waals surface area (Å²) < 4.78 is 8.37. The van der Waals surface area contributed by atoms with Crippen LogP contribution in [0.25, 0.3) is 10.9 Å². The molecule has 1 aliphatic rings. The fraction of sp³-hybridized carbons (Fsp3) is 0.429. The molecule has 2 aromatic heterocycles. The Morgan fingerprint density at radius 3 is 2.76 bits per heavy atom. The Morgan fingerprint density at radius 2 is 2.10 bits per heavy atom. The minimum atomic E-state index is -0.282. The van der Waals surface area contributed by atoms with Crippen molar-refractivity contribution < 1.29 is 9.53 Å². The van der Waals surface area contributed by atoms with Crippen LogP contribution in [0, 0.1) is 13.8 Å². The van der Waals surface area contributed by atoms with Gasteiger partial charge in [0, 0.05) is 0 Å². The summed E-state index contributed by atoms with van der Waals surface area (Å²) in [7, 11) is 1.63. The SMILES string of the molecule is COc1ccc(C(C)NC(=O)Cn2ncc3c(c(C)nn3C3CC3)c2=O)cc1C. The van der Waals surface area contributed by atoms with Crippen LogP contribution in [0.5, 0.6) is 5.75 Å². The van der Waals surface area contributed by atoms with Crippen molar-refractivity contribution >= 4 is 16.8 Å². The van der Waals surface area contributed by atoms with Crippen molar-refractivity contribution in [2.24, 2.45) is 0 Å². The van der Waals surface area contributed by atoms with E-state index in [1.807, 2.05) is 43.7 Å². The van der Waals surface area contributed by atoms with Gasteiger partial charge in [-0.1, -0.05) is 12.1 Å². The normalized spacial score (nSPS) is 14.8. The summed E-state index contributed by atoms with van der Waals surface area (Å²) in [4.78, 5) is 25.4. The molecule has 1 N–H and O–H groups in total. The van der Waals surface area contributed by atoms with Crippen LogP contribution in [0.15, 0.2) is 29.2 Å². The second-order valence-electron chi connectivity index (χ2n) is 7.65. The van der Waals surface area contributed by atoms with Crippen molar-refractivity contribution in [3.05, 3.63) is 51.6 Å². The zero-order chi connectivity index (χ0) is 20.7. The molecule has 0 radical (unpaired) electrons. The van der Waals surface area contributed by atoms with E-state index in [1.165, 1.54) is 4.68 Å². The Kier molecular flexibility index (Phi) is 4.86. The number of rotatable bonds is 6. The quantitative estimate of drug-likeness (QED) is 0.692. The van der Waals surface area contributed by atoms with Crippen LogP contribution < -0.4 is 15.6 Å². The molecule has 0 spiro atoms. The molecule has 1 aromatic carbocycles. The highest BCUT2D eigenvalue weighted by molar-refractivity contribution is 5.81. The van der Waals surface area contributed by atoms with Crippen LogP contribution >= 0.6 is 0 Å². The van der Waals surface area contributed by atoms with Crippen molar-refractivity contribution in [1.29, 1.82) is 0 Å². The van der Waals surface area contributed by atoms with Crippen LogP contribution in [0.4, 0.5) is 0 Å². The number of aromatic nitrogens is 4. The first-order valence-electron chi connectivity index (χ1n) is 9.78. The molecule has 1 amide bonds. The van der Waals surface area contributed by atoms with Gasteiger partial charge in [-0.3, -0.25) is 14.3 Å². The monoisotopic (exact) mass is 395 g/mol. The van der Waals surface area contributed by atoms with Crippen LogP contribution in [-0.4, -0.2) is 32.6 Å². The van der Waals surface area contributed by atoms with E-state index in [1.54, 1.807) is 13.3 Å². The standard InChI is InChI=1S/C21H25N5O3/c1-12-9-15(5-8-18(12)29-4)13(2)23-19(27)11-25-21(28)20-14(3)24-26(16-6-7-16)17(20)10-22-25/h5,8-10,13,16H,6-7,11H2,1-4H3,(H,23,27). The molecule has 1 saturated carbocycles. The maximum Gasteiger partial charge on any atom is 0.278 e. The Balaban J connectivity index is 1.51. The number of nitrogens with zero attached hydrogens (tertiary/aromatic N) is 4. The molecule has 1 unspecified atom stereocenters. The number of benzene rings is 1. The number of carbonyl (C=O) groups excluding carboxylic acids is 1. The third-order valence-corrected chi connectivity index (χ3v) is 5.37. The summed E-state index contributed by atoms with van der Waals surface area (Å²) in [6, 6.07) is 5.94. The highest BCUT2D eigenvalue weighted by Gasteiger charge is 2.28. The topological polar surface area (TPSA) is 91.0 Å². The number of nitrogens with one attached hydrogen (secondary N) is 1. The molecule has 0 saturated heterocycles. The predicted molar refractivity (Wildman–Crippen MR) is 109 cm³/mol. The third kappa shape index (κ3) is 3.62. The molecule has 3 aromatic rings. The summed E-state index contributed by atoms with van der Waals surface area (Å²) in [5.41, 5.74) is 3.10. The number of carbonyl (C=O) groups is 1. The van der Waals surface area contributed by atoms with E-state index in [2.05, 4.69) is 15.5 Å². The third-order valence-electron chi connectivity index (χ3n) is 5.37. The lowest BCUT2D eigenvalue weighted by Crippen LogP contribution is -2.35. The zero-order valence-electron chi connectivity index (χ0n) is 17.1. The predicted octanol–water partition coefficient (Wildman–Crippen LogP) is 2.43. The van der Waals surface area contributed by atoms with E-state index >= 15 is 0 Å². The molecule has 0 bridgehead atoms. The lowest BCUT2D eigenvalue weighted by molar-refractivity contribution is -0.122. The van der Waals surface area contributed by atoms with Gasteiger partial charge in [-0.05, 0) is 50.8 Å². The maximum absolute atomic E-state index is 12.9. The molecule has 1 atom stereocenters. The van der Waals surface area contributed by atoms with Crippen molar-refractivity contribution in [3.8, 4) is 5.75 Å². The first kappa shape index (κ1) is 19.2. The van der Waals surface area contributed by atoms with Gasteiger partial charge in [0.25, 0.3) is 5.56 Å². The van der Waals surface area contributed by atoms with Crippen molar-refractivity contribution in [2.75, 3.05) is 7.11 Å². The van der Waals surface area contributed by atoms with E-state index in [4.69, 9.17) is 4.74 Å². The van der Waals surface area contributed by atoms with E-state index in [0.29, 0.717) is 17.1 Å². The average Bonchev–Trinajstić information content (AvgIpc) is 3.47. The Morgan fingerprint density at radius 1 is 1.34 bits per heavy atom. The summed E-state index contributed by atoms with van der Waals surface area (Å²) in [5, 5.41) is 12.2. The van der Waals surface area contributed by atoms with Gasteiger partial charge >= 0.3 is 0 Å². The highest BCUT2D eigenvalue weighted by Crippen LogP contribution is 2.36. The molecule has 1 aliphatic carbocycles. The smallest absolute Gasteiger partial charge is 0.278 e. The van der Waals surface area contributed by atoms with Gasteiger partial charge in [-0.15, -0.1) is 0 Å². The van der Waals surface area contributed by atoms with Gasteiger partial charge in [0.1, 0.15) is 12.3 Å². The molecule has 0 aliphatic heterocycles. The lowest BCUT2D eigenvalue weighted by atomic mass is 10.0. The molecular weight excluding hydrogens is 370 g/mol. The van der Waals surface area contributed by atoms with Crippen LogP contribution in [-0.2, 0) is 11.3 Å². The molecular formula is C21H25N5O3. The summed E-state index contributed by atoms with van der Waals surface area (Å²) in [6.45, 7) is 5.55. The minimum absolute atomic E-state index is 0.137. The first-order valence-corrected chi connectivity index (χ1v) is 9.78. The van der Waals surface area contributed by atoms with Gasteiger partial charge in [-0.2, -0.15) is 10.2 Å². The molecule has 4 rings (SSSR count). The van der Waals surface area contributed by atoms with E-state index in [9.17, 15) is 9.59 Å². The molecule has 8 heteroatoms. The number of ether oxygens (including phenoxy) is 1. The summed E-state index contributed by atoms with van der Waals surface area (Å²) >= 11 is 0. The number of aryl methyl sites for hydroxylation is 2. The summed E-state index contributed by atoms with van der Waals surface area (Å²) in [6.07, 6.45) is 3.79. The number of fused-ring (bicyclic) bond motifs is 1. The molecule has 2 heterocycles. The largest absolute Gasteiger partial charge is 0.496 e. The van der Waals surface area contributed by atoms with Gasteiger partial charge in [0.05, 0.1) is 42.0 Å².